The lowest BCUT2D eigenvalue weighted by Gasteiger charge is -2.40. The Labute approximate surface area is 181 Å². The van der Waals surface area contributed by atoms with Gasteiger partial charge in [0.15, 0.2) is 5.78 Å². The van der Waals surface area contributed by atoms with E-state index in [0.29, 0.717) is 42.2 Å². The Bertz CT molecular complexity index is 1050. The highest BCUT2D eigenvalue weighted by atomic mass is 16.5. The second-order valence-electron chi connectivity index (χ2n) is 8.08. The smallest absolute Gasteiger partial charge is 0.196 e. The van der Waals surface area contributed by atoms with Crippen molar-refractivity contribution in [3.63, 3.8) is 0 Å². The standard InChI is InChI=1S/C24H25N3O4/c1-29-17-11-16(12-18(13-17)30-2)27-23(25)21(22(28)24(27)8-5-9-31-14-24)20-10-15-6-3-4-7-19(15)26-20/h3-4,6-7,11-13,25-26H,5,8-10,14H2,1-2H3. The van der Waals surface area contributed by atoms with Crippen LogP contribution in [0.3, 0.4) is 0 Å². The summed E-state index contributed by atoms with van der Waals surface area (Å²) < 4.78 is 16.7. The molecule has 31 heavy (non-hydrogen) atoms. The quantitative estimate of drug-likeness (QED) is 0.741. The van der Waals surface area contributed by atoms with Gasteiger partial charge in [0.1, 0.15) is 22.9 Å². The van der Waals surface area contributed by atoms with Crippen LogP contribution < -0.4 is 19.7 Å². The van der Waals surface area contributed by atoms with Gasteiger partial charge in [0.2, 0.25) is 0 Å². The van der Waals surface area contributed by atoms with Crippen LogP contribution in [-0.4, -0.2) is 44.6 Å². The molecule has 0 saturated carbocycles. The monoisotopic (exact) mass is 419 g/mol. The third-order valence-electron chi connectivity index (χ3n) is 6.32. The average Bonchev–Trinajstić information content (AvgIpc) is 3.30. The lowest BCUT2D eigenvalue weighted by atomic mass is 9.86. The summed E-state index contributed by atoms with van der Waals surface area (Å²) >= 11 is 0. The minimum atomic E-state index is -0.939. The number of para-hydroxylation sites is 1. The van der Waals surface area contributed by atoms with Gasteiger partial charge >= 0.3 is 0 Å². The number of fused-ring (bicyclic) bond motifs is 1. The molecule has 3 aliphatic heterocycles. The van der Waals surface area contributed by atoms with Crippen molar-refractivity contribution in [2.24, 2.45) is 0 Å². The van der Waals surface area contributed by atoms with Gasteiger partial charge in [-0.15, -0.1) is 0 Å². The van der Waals surface area contributed by atoms with Crippen molar-refractivity contribution in [2.45, 2.75) is 24.8 Å². The normalized spacial score (nSPS) is 25.0. The Morgan fingerprint density at radius 2 is 1.87 bits per heavy atom. The number of amidine groups is 1. The topological polar surface area (TPSA) is 83.9 Å². The SMILES string of the molecule is COc1cc(OC)cc(N2C(=N)C(=C3Cc4ccccc4N3)C(=O)C23CCCOC3)c1. The number of carbonyl (C=O) groups excluding carboxylic acids is 1. The summed E-state index contributed by atoms with van der Waals surface area (Å²) in [6.07, 6.45) is 1.98. The predicted octanol–water partition coefficient (Wildman–Crippen LogP) is 3.54. The molecule has 1 atom stereocenters. The average molecular weight is 419 g/mol. The van der Waals surface area contributed by atoms with E-state index in [1.165, 1.54) is 0 Å². The molecule has 0 amide bonds. The number of nitrogens with one attached hydrogen (secondary N) is 2. The number of rotatable bonds is 3. The Kier molecular flexibility index (Phi) is 4.70. The fourth-order valence-electron chi connectivity index (χ4n) is 4.83. The maximum absolute atomic E-state index is 13.9. The first-order chi connectivity index (χ1) is 15.1. The van der Waals surface area contributed by atoms with Gasteiger partial charge in [0.05, 0.1) is 32.1 Å². The number of anilines is 2. The molecule has 3 heterocycles. The number of Topliss-reactive ketones (excluding diaryl/α,β-unsaturated/α-hetero) is 1. The van der Waals surface area contributed by atoms with Crippen LogP contribution in [0.25, 0.3) is 0 Å². The lowest BCUT2D eigenvalue weighted by molar-refractivity contribution is -0.123. The van der Waals surface area contributed by atoms with E-state index < -0.39 is 5.54 Å². The van der Waals surface area contributed by atoms with Crippen LogP contribution >= 0.6 is 0 Å². The number of allylic oxidation sites excluding steroid dienone is 1. The molecule has 2 fully saturated rings. The first kappa shape index (κ1) is 19.6. The molecule has 2 N–H and O–H groups in total. The predicted molar refractivity (Wildman–Crippen MR) is 118 cm³/mol. The highest BCUT2D eigenvalue weighted by Gasteiger charge is 2.56. The molecule has 0 aliphatic carbocycles. The zero-order chi connectivity index (χ0) is 21.6. The Balaban J connectivity index is 1.65. The number of hydrogen-bond donors (Lipinski definition) is 2. The van der Waals surface area contributed by atoms with Crippen molar-refractivity contribution < 1.29 is 19.0 Å². The number of carbonyl (C=O) groups is 1. The zero-order valence-corrected chi connectivity index (χ0v) is 17.7. The molecule has 3 aliphatic rings. The first-order valence-electron chi connectivity index (χ1n) is 10.4. The summed E-state index contributed by atoms with van der Waals surface area (Å²) in [5.74, 6) is 1.33. The first-order valence-corrected chi connectivity index (χ1v) is 10.4. The van der Waals surface area contributed by atoms with Crippen molar-refractivity contribution in [1.29, 1.82) is 5.41 Å². The molecule has 160 valence electrons. The van der Waals surface area contributed by atoms with Crippen LogP contribution in [0, 0.1) is 5.41 Å². The third kappa shape index (κ3) is 2.99. The van der Waals surface area contributed by atoms with E-state index in [1.807, 2.05) is 41.3 Å². The maximum atomic E-state index is 13.9. The Morgan fingerprint density at radius 3 is 2.52 bits per heavy atom. The summed E-state index contributed by atoms with van der Waals surface area (Å²) in [6.45, 7) is 0.866. The molecular weight excluding hydrogens is 394 g/mol. The number of nitrogens with zero attached hydrogens (tertiary/aromatic N) is 1. The van der Waals surface area contributed by atoms with Crippen molar-refractivity contribution >= 4 is 23.0 Å². The van der Waals surface area contributed by atoms with Crippen molar-refractivity contribution in [1.82, 2.24) is 0 Å². The second-order valence-corrected chi connectivity index (χ2v) is 8.08. The van der Waals surface area contributed by atoms with E-state index in [-0.39, 0.29) is 18.2 Å². The van der Waals surface area contributed by atoms with E-state index in [9.17, 15) is 4.79 Å². The minimum Gasteiger partial charge on any atom is -0.497 e. The van der Waals surface area contributed by atoms with E-state index in [1.54, 1.807) is 20.3 Å². The van der Waals surface area contributed by atoms with Gasteiger partial charge in [-0.2, -0.15) is 0 Å². The van der Waals surface area contributed by atoms with Crippen molar-refractivity contribution in [3.8, 4) is 11.5 Å². The van der Waals surface area contributed by atoms with E-state index in [0.717, 1.165) is 23.4 Å². The van der Waals surface area contributed by atoms with E-state index in [2.05, 4.69) is 5.32 Å². The molecule has 7 heteroatoms. The molecule has 2 aromatic carbocycles. The van der Waals surface area contributed by atoms with Gasteiger partial charge in [0, 0.05) is 42.6 Å². The molecule has 0 radical (unpaired) electrons. The largest absolute Gasteiger partial charge is 0.497 e. The molecular formula is C24H25N3O4. The number of methoxy groups -OCH3 is 2. The zero-order valence-electron chi connectivity index (χ0n) is 17.7. The summed E-state index contributed by atoms with van der Waals surface area (Å²) in [4.78, 5) is 15.7. The third-order valence-corrected chi connectivity index (χ3v) is 6.32. The van der Waals surface area contributed by atoms with Gasteiger partial charge in [-0.1, -0.05) is 18.2 Å². The molecule has 2 aromatic rings. The number of hydrogen-bond acceptors (Lipinski definition) is 6. The molecule has 1 spiro atoms. The second kappa shape index (κ2) is 7.42. The fraction of sp³-hybridized carbons (Fsp3) is 0.333. The number of ether oxygens (including phenoxy) is 3. The molecule has 0 aromatic heterocycles. The lowest BCUT2D eigenvalue weighted by Crippen LogP contribution is -2.55. The summed E-state index contributed by atoms with van der Waals surface area (Å²) in [5, 5.41) is 12.5. The molecule has 2 saturated heterocycles. The highest BCUT2D eigenvalue weighted by molar-refractivity contribution is 6.37. The van der Waals surface area contributed by atoms with Crippen LogP contribution in [0.5, 0.6) is 11.5 Å². The van der Waals surface area contributed by atoms with Gasteiger partial charge < -0.3 is 24.4 Å². The fourth-order valence-corrected chi connectivity index (χ4v) is 4.83. The Morgan fingerprint density at radius 1 is 1.13 bits per heavy atom. The highest BCUT2D eigenvalue weighted by Crippen LogP contribution is 2.44. The van der Waals surface area contributed by atoms with E-state index in [4.69, 9.17) is 19.6 Å². The van der Waals surface area contributed by atoms with Gasteiger partial charge in [-0.25, -0.2) is 0 Å². The summed E-state index contributed by atoms with van der Waals surface area (Å²) in [6, 6.07) is 13.5. The summed E-state index contributed by atoms with van der Waals surface area (Å²) in [5.41, 5.74) is 3.07. The van der Waals surface area contributed by atoms with Gasteiger partial charge in [0.25, 0.3) is 0 Å². The molecule has 1 unspecified atom stereocenters. The Hall–Kier alpha value is -3.32. The van der Waals surface area contributed by atoms with Crippen LogP contribution in [0.2, 0.25) is 0 Å². The van der Waals surface area contributed by atoms with E-state index >= 15 is 0 Å². The minimum absolute atomic E-state index is 0.0608. The van der Waals surface area contributed by atoms with Gasteiger partial charge in [-0.3, -0.25) is 10.2 Å². The number of benzene rings is 2. The van der Waals surface area contributed by atoms with Crippen LogP contribution in [-0.2, 0) is 16.0 Å². The van der Waals surface area contributed by atoms with Crippen LogP contribution in [0.4, 0.5) is 11.4 Å². The van der Waals surface area contributed by atoms with Crippen molar-refractivity contribution in [3.05, 3.63) is 59.3 Å². The van der Waals surface area contributed by atoms with Gasteiger partial charge in [-0.05, 0) is 24.5 Å². The van der Waals surface area contributed by atoms with Crippen molar-refractivity contribution in [2.75, 3.05) is 37.7 Å². The molecule has 0 bridgehead atoms. The van der Waals surface area contributed by atoms with Crippen LogP contribution in [0.15, 0.2) is 53.7 Å². The molecule has 5 rings (SSSR count). The summed E-state index contributed by atoms with van der Waals surface area (Å²) in [7, 11) is 3.18. The maximum Gasteiger partial charge on any atom is 0.196 e. The van der Waals surface area contributed by atoms with Crippen LogP contribution in [0.1, 0.15) is 18.4 Å². The molecule has 7 nitrogen and oxygen atoms in total. The number of ketones is 1.